The molecule has 0 fully saturated rings. The van der Waals surface area contributed by atoms with Crippen molar-refractivity contribution >= 4 is 27.5 Å². The van der Waals surface area contributed by atoms with Gasteiger partial charge in [0.15, 0.2) is 0 Å². The maximum absolute atomic E-state index is 4.58. The summed E-state index contributed by atoms with van der Waals surface area (Å²) in [5.41, 5.74) is 5.54. The number of nitrogens with zero attached hydrogens (tertiary/aromatic N) is 2. The summed E-state index contributed by atoms with van der Waals surface area (Å²) in [4.78, 5) is 8.07. The monoisotopic (exact) mass is 283 g/mol. The van der Waals surface area contributed by atoms with E-state index in [4.69, 9.17) is 0 Å². The maximum atomic E-state index is 4.58. The quantitative estimate of drug-likeness (QED) is 0.478. The van der Waals surface area contributed by atoms with Gasteiger partial charge in [-0.3, -0.25) is 4.40 Å². The second-order valence-electron chi connectivity index (χ2n) is 5.51. The molecule has 0 bridgehead atoms. The molecule has 3 heteroatoms. The van der Waals surface area contributed by atoms with Crippen molar-refractivity contribution in [2.24, 2.45) is 0 Å². The summed E-state index contributed by atoms with van der Waals surface area (Å²) >= 11 is 0. The average Bonchev–Trinajstić information content (AvgIpc) is 3.14. The number of fused-ring (bicyclic) bond motifs is 4. The molecule has 5 rings (SSSR count). The molecule has 0 radical (unpaired) electrons. The molecule has 0 saturated heterocycles. The molecular weight excluding hydrogens is 270 g/mol. The van der Waals surface area contributed by atoms with Gasteiger partial charge in [-0.2, -0.15) is 0 Å². The Hall–Kier alpha value is -3.07. The zero-order valence-electron chi connectivity index (χ0n) is 11.8. The lowest BCUT2D eigenvalue weighted by Gasteiger charge is -2.02. The number of hydrogen-bond acceptors (Lipinski definition) is 1. The van der Waals surface area contributed by atoms with Crippen LogP contribution in [0.5, 0.6) is 0 Å². The van der Waals surface area contributed by atoms with Crippen LogP contribution in [-0.2, 0) is 0 Å². The van der Waals surface area contributed by atoms with Gasteiger partial charge in [-0.1, -0.05) is 48.5 Å². The van der Waals surface area contributed by atoms with Gasteiger partial charge in [0.1, 0.15) is 5.65 Å². The minimum atomic E-state index is 0.969. The molecule has 1 N–H and O–H groups in total. The van der Waals surface area contributed by atoms with Crippen LogP contribution in [0.2, 0.25) is 0 Å². The van der Waals surface area contributed by atoms with E-state index in [0.717, 1.165) is 22.4 Å². The van der Waals surface area contributed by atoms with Crippen LogP contribution in [0.3, 0.4) is 0 Å². The van der Waals surface area contributed by atoms with Crippen LogP contribution >= 0.6 is 0 Å². The van der Waals surface area contributed by atoms with Gasteiger partial charge in [0.2, 0.25) is 0 Å². The first-order valence-electron chi connectivity index (χ1n) is 7.33. The Morgan fingerprint density at radius 3 is 2.55 bits per heavy atom. The molecule has 0 saturated carbocycles. The van der Waals surface area contributed by atoms with Crippen molar-refractivity contribution in [3.63, 3.8) is 0 Å². The SMILES string of the molecule is c1ccc(-c2cnc3cc4c(cn23)[nH]c2ccccc24)cc1. The van der Waals surface area contributed by atoms with Crippen LogP contribution in [0, 0.1) is 0 Å². The molecule has 0 amide bonds. The number of imidazole rings is 1. The highest BCUT2D eigenvalue weighted by molar-refractivity contribution is 6.08. The smallest absolute Gasteiger partial charge is 0.137 e. The summed E-state index contributed by atoms with van der Waals surface area (Å²) in [7, 11) is 0. The van der Waals surface area contributed by atoms with Crippen molar-refractivity contribution in [2.45, 2.75) is 0 Å². The van der Waals surface area contributed by atoms with E-state index in [9.17, 15) is 0 Å². The van der Waals surface area contributed by atoms with Crippen molar-refractivity contribution < 1.29 is 0 Å². The number of nitrogens with one attached hydrogen (secondary N) is 1. The predicted octanol–water partition coefficient (Wildman–Crippen LogP) is 4.64. The minimum absolute atomic E-state index is 0.969. The molecule has 0 aliphatic heterocycles. The van der Waals surface area contributed by atoms with E-state index in [0.29, 0.717) is 0 Å². The van der Waals surface area contributed by atoms with Gasteiger partial charge in [0, 0.05) is 28.0 Å². The van der Waals surface area contributed by atoms with Crippen LogP contribution in [0.15, 0.2) is 73.1 Å². The fourth-order valence-electron chi connectivity index (χ4n) is 3.14. The van der Waals surface area contributed by atoms with Crippen molar-refractivity contribution in [1.29, 1.82) is 0 Å². The van der Waals surface area contributed by atoms with Gasteiger partial charge >= 0.3 is 0 Å². The molecule has 104 valence electrons. The van der Waals surface area contributed by atoms with Crippen LogP contribution in [-0.4, -0.2) is 14.4 Å². The molecule has 2 aromatic carbocycles. The third-order valence-corrected chi connectivity index (χ3v) is 4.20. The van der Waals surface area contributed by atoms with Gasteiger partial charge in [-0.25, -0.2) is 4.98 Å². The summed E-state index contributed by atoms with van der Waals surface area (Å²) < 4.78 is 2.15. The first kappa shape index (κ1) is 11.6. The summed E-state index contributed by atoms with van der Waals surface area (Å²) in [6, 6.07) is 20.9. The van der Waals surface area contributed by atoms with E-state index in [1.807, 2.05) is 12.3 Å². The first-order valence-corrected chi connectivity index (χ1v) is 7.33. The molecule has 0 aliphatic rings. The predicted molar refractivity (Wildman–Crippen MR) is 90.0 cm³/mol. The highest BCUT2D eigenvalue weighted by Gasteiger charge is 2.09. The Bertz CT molecular complexity index is 1120. The molecule has 3 heterocycles. The van der Waals surface area contributed by atoms with E-state index >= 15 is 0 Å². The molecule has 0 spiro atoms. The van der Waals surface area contributed by atoms with Crippen molar-refractivity contribution in [3.8, 4) is 11.3 Å². The third-order valence-electron chi connectivity index (χ3n) is 4.20. The number of benzene rings is 2. The van der Waals surface area contributed by atoms with E-state index in [1.165, 1.54) is 16.3 Å². The molecular formula is C19H13N3. The second kappa shape index (κ2) is 4.21. The summed E-state index contributed by atoms with van der Waals surface area (Å²) in [6.07, 6.45) is 4.08. The topological polar surface area (TPSA) is 33.1 Å². The summed E-state index contributed by atoms with van der Waals surface area (Å²) in [5, 5.41) is 2.46. The fourth-order valence-corrected chi connectivity index (χ4v) is 3.14. The molecule has 0 atom stereocenters. The van der Waals surface area contributed by atoms with Crippen molar-refractivity contribution in [2.75, 3.05) is 0 Å². The third kappa shape index (κ3) is 1.53. The van der Waals surface area contributed by atoms with Crippen LogP contribution in [0.4, 0.5) is 0 Å². The average molecular weight is 283 g/mol. The van der Waals surface area contributed by atoms with Crippen molar-refractivity contribution in [1.82, 2.24) is 14.4 Å². The lowest BCUT2D eigenvalue weighted by molar-refractivity contribution is 1.20. The molecule has 0 unspecified atom stereocenters. The molecule has 5 aromatic rings. The van der Waals surface area contributed by atoms with Gasteiger partial charge < -0.3 is 4.98 Å². The largest absolute Gasteiger partial charge is 0.353 e. The van der Waals surface area contributed by atoms with Crippen LogP contribution in [0.25, 0.3) is 38.7 Å². The van der Waals surface area contributed by atoms with E-state index in [1.54, 1.807) is 0 Å². The zero-order valence-corrected chi connectivity index (χ0v) is 11.8. The van der Waals surface area contributed by atoms with Gasteiger partial charge in [-0.15, -0.1) is 0 Å². The van der Waals surface area contributed by atoms with Crippen LogP contribution < -0.4 is 0 Å². The van der Waals surface area contributed by atoms with Gasteiger partial charge in [0.05, 0.1) is 17.4 Å². The summed E-state index contributed by atoms with van der Waals surface area (Å²) in [6.45, 7) is 0. The second-order valence-corrected chi connectivity index (χ2v) is 5.51. The number of H-pyrrole nitrogens is 1. The molecule has 0 aliphatic carbocycles. The van der Waals surface area contributed by atoms with E-state index < -0.39 is 0 Å². The standard InChI is InChI=1S/C19H13N3/c1-2-6-13(7-3-1)18-11-20-19-10-15-14-8-4-5-9-16(14)21-17(15)12-22(18)19/h1-12,21H. The maximum Gasteiger partial charge on any atom is 0.137 e. The Morgan fingerprint density at radius 2 is 1.64 bits per heavy atom. The fraction of sp³-hybridized carbons (Fsp3) is 0. The molecule has 3 aromatic heterocycles. The number of rotatable bonds is 1. The molecule has 22 heavy (non-hydrogen) atoms. The lowest BCUT2D eigenvalue weighted by Crippen LogP contribution is -1.88. The number of aromatic nitrogens is 3. The van der Waals surface area contributed by atoms with Crippen molar-refractivity contribution in [3.05, 3.63) is 73.1 Å². The van der Waals surface area contributed by atoms with E-state index in [-0.39, 0.29) is 0 Å². The van der Waals surface area contributed by atoms with Gasteiger partial charge in [0.25, 0.3) is 0 Å². The number of aromatic amines is 1. The minimum Gasteiger partial charge on any atom is -0.353 e. The highest BCUT2D eigenvalue weighted by atomic mass is 15.0. The Morgan fingerprint density at radius 1 is 0.818 bits per heavy atom. The lowest BCUT2D eigenvalue weighted by atomic mass is 10.1. The Balaban J connectivity index is 1.87. The first-order chi connectivity index (χ1) is 10.9. The number of hydrogen-bond donors (Lipinski definition) is 1. The number of para-hydroxylation sites is 1. The van der Waals surface area contributed by atoms with E-state index in [2.05, 4.69) is 75.2 Å². The normalized spacial score (nSPS) is 11.6. The highest BCUT2D eigenvalue weighted by Crippen LogP contribution is 2.28. The number of pyridine rings is 1. The zero-order chi connectivity index (χ0) is 14.5. The Labute approximate surface area is 126 Å². The summed E-state index contributed by atoms with van der Waals surface area (Å²) in [5.74, 6) is 0. The van der Waals surface area contributed by atoms with Gasteiger partial charge in [-0.05, 0) is 12.1 Å². The van der Waals surface area contributed by atoms with Crippen LogP contribution in [0.1, 0.15) is 0 Å². The Kier molecular flexibility index (Phi) is 2.22. The molecule has 3 nitrogen and oxygen atoms in total.